The molecule has 0 atom stereocenters. The van der Waals surface area contributed by atoms with E-state index in [0.717, 1.165) is 19.3 Å². The van der Waals surface area contributed by atoms with Crippen molar-refractivity contribution in [3.8, 4) is 0 Å². The van der Waals surface area contributed by atoms with Crippen molar-refractivity contribution >= 4 is 11.8 Å². The number of carboxylic acids is 1. The molecule has 92 valence electrons. The first-order valence-corrected chi connectivity index (χ1v) is 5.50. The second-order valence-corrected chi connectivity index (χ2v) is 4.27. The van der Waals surface area contributed by atoms with Gasteiger partial charge in [0.25, 0.3) is 0 Å². The Hall–Kier alpha value is -1.92. The zero-order chi connectivity index (χ0) is 12.5. The van der Waals surface area contributed by atoms with Gasteiger partial charge in [0.15, 0.2) is 5.54 Å². The van der Waals surface area contributed by atoms with Gasteiger partial charge in [-0.3, -0.25) is 0 Å². The summed E-state index contributed by atoms with van der Waals surface area (Å²) in [6.07, 6.45) is 4.94. The van der Waals surface area contributed by atoms with Gasteiger partial charge in [-0.25, -0.2) is 4.79 Å². The minimum atomic E-state index is -1.10. The summed E-state index contributed by atoms with van der Waals surface area (Å²) in [7, 11) is 0. The molecule has 7 nitrogen and oxygen atoms in total. The van der Waals surface area contributed by atoms with Crippen molar-refractivity contribution in [1.29, 1.82) is 0 Å². The number of nitrogens with zero attached hydrogens (tertiary/aromatic N) is 3. The number of hydrogen-bond acceptors (Lipinski definition) is 4. The molecule has 0 radical (unpaired) electrons. The van der Waals surface area contributed by atoms with Crippen LogP contribution in [0, 0.1) is 10.1 Å². The zero-order valence-corrected chi connectivity index (χ0v) is 9.20. The molecule has 1 N–H and O–H groups in total. The van der Waals surface area contributed by atoms with Gasteiger partial charge in [0.05, 0.1) is 17.4 Å². The molecular weight excluding hydrogens is 226 g/mol. The molecule has 1 aliphatic rings. The zero-order valence-electron chi connectivity index (χ0n) is 9.20. The fourth-order valence-corrected chi connectivity index (χ4v) is 2.33. The van der Waals surface area contributed by atoms with E-state index in [1.54, 1.807) is 0 Å². The van der Waals surface area contributed by atoms with Crippen LogP contribution in [0.5, 0.6) is 0 Å². The lowest BCUT2D eigenvalue weighted by Crippen LogP contribution is -2.44. The van der Waals surface area contributed by atoms with Gasteiger partial charge in [-0.05, 0) is 17.8 Å². The summed E-state index contributed by atoms with van der Waals surface area (Å²) in [5.74, 6) is -1.27. The normalized spacial score (nSPS) is 18.8. The third kappa shape index (κ3) is 1.88. The molecule has 17 heavy (non-hydrogen) atoms. The van der Waals surface area contributed by atoms with E-state index < -0.39 is 16.4 Å². The highest BCUT2D eigenvalue weighted by molar-refractivity contribution is 5.76. The Morgan fingerprint density at radius 2 is 2.12 bits per heavy atom. The first-order chi connectivity index (χ1) is 8.06. The molecule has 0 spiro atoms. The SMILES string of the molecule is O=C(O)C1(n2ccc([N+](=O)[O-])n2)CCCCC1. The van der Waals surface area contributed by atoms with Crippen LogP contribution in [0.3, 0.4) is 0 Å². The number of carboxylic acid groups (broad SMARTS) is 1. The Bertz CT molecular complexity index is 448. The third-order valence-electron chi connectivity index (χ3n) is 3.28. The molecule has 0 saturated heterocycles. The smallest absolute Gasteiger partial charge is 0.389 e. The molecule has 1 fully saturated rings. The maximum atomic E-state index is 11.4. The molecule has 0 aliphatic heterocycles. The molecule has 1 aromatic rings. The lowest BCUT2D eigenvalue weighted by Gasteiger charge is -2.30. The van der Waals surface area contributed by atoms with Gasteiger partial charge >= 0.3 is 11.8 Å². The maximum Gasteiger partial charge on any atom is 0.389 e. The highest BCUT2D eigenvalue weighted by Gasteiger charge is 2.44. The van der Waals surface area contributed by atoms with E-state index in [1.165, 1.54) is 16.9 Å². The minimum Gasteiger partial charge on any atom is -0.479 e. The predicted molar refractivity (Wildman–Crippen MR) is 57.6 cm³/mol. The average Bonchev–Trinajstić information content (AvgIpc) is 2.79. The number of nitro groups is 1. The van der Waals surface area contributed by atoms with Crippen molar-refractivity contribution in [2.45, 2.75) is 37.6 Å². The Morgan fingerprint density at radius 3 is 2.59 bits per heavy atom. The number of rotatable bonds is 3. The molecule has 1 aromatic heterocycles. The van der Waals surface area contributed by atoms with Gasteiger partial charge in [0, 0.05) is 0 Å². The topological polar surface area (TPSA) is 98.3 Å². The minimum absolute atomic E-state index is 0.309. The van der Waals surface area contributed by atoms with Crippen LogP contribution in [-0.2, 0) is 10.3 Å². The summed E-state index contributed by atoms with van der Waals surface area (Å²) in [5.41, 5.74) is -1.10. The number of aliphatic carboxylic acids is 1. The second kappa shape index (κ2) is 4.15. The van der Waals surface area contributed by atoms with E-state index in [4.69, 9.17) is 0 Å². The van der Waals surface area contributed by atoms with Gasteiger partial charge in [0.1, 0.15) is 0 Å². The molecular formula is C10H13N3O4. The first kappa shape index (κ1) is 11.6. The van der Waals surface area contributed by atoms with Crippen LogP contribution in [0.15, 0.2) is 12.3 Å². The lowest BCUT2D eigenvalue weighted by atomic mass is 9.82. The molecule has 1 saturated carbocycles. The lowest BCUT2D eigenvalue weighted by molar-refractivity contribution is -0.389. The van der Waals surface area contributed by atoms with E-state index in [9.17, 15) is 20.0 Å². The van der Waals surface area contributed by atoms with Crippen LogP contribution in [0.1, 0.15) is 32.1 Å². The van der Waals surface area contributed by atoms with Crippen LogP contribution in [-0.4, -0.2) is 25.8 Å². The number of carbonyl (C=O) groups is 1. The van der Waals surface area contributed by atoms with Crippen LogP contribution in [0.4, 0.5) is 5.82 Å². The van der Waals surface area contributed by atoms with Crippen LogP contribution in [0.2, 0.25) is 0 Å². The second-order valence-electron chi connectivity index (χ2n) is 4.27. The summed E-state index contributed by atoms with van der Waals surface area (Å²) in [6, 6.07) is 1.24. The molecule has 0 bridgehead atoms. The van der Waals surface area contributed by atoms with Gasteiger partial charge in [-0.1, -0.05) is 19.3 Å². The highest BCUT2D eigenvalue weighted by Crippen LogP contribution is 2.35. The van der Waals surface area contributed by atoms with Gasteiger partial charge in [-0.15, -0.1) is 0 Å². The number of aromatic nitrogens is 2. The standard InChI is InChI=1S/C10H13N3O4/c14-9(15)10(5-2-1-3-6-10)12-7-4-8(11-12)13(16)17/h4,7H,1-3,5-6H2,(H,14,15). The molecule has 1 aliphatic carbocycles. The molecule has 2 rings (SSSR count). The van der Waals surface area contributed by atoms with Crippen molar-refractivity contribution in [2.75, 3.05) is 0 Å². The van der Waals surface area contributed by atoms with Crippen molar-refractivity contribution in [1.82, 2.24) is 9.78 Å². The van der Waals surface area contributed by atoms with E-state index in [1.807, 2.05) is 0 Å². The summed E-state index contributed by atoms with van der Waals surface area (Å²) in [5, 5.41) is 23.7. The quantitative estimate of drug-likeness (QED) is 0.637. The van der Waals surface area contributed by atoms with Gasteiger partial charge < -0.3 is 15.2 Å². The molecule has 0 amide bonds. The van der Waals surface area contributed by atoms with Crippen LogP contribution in [0.25, 0.3) is 0 Å². The van der Waals surface area contributed by atoms with Crippen LogP contribution >= 0.6 is 0 Å². The highest BCUT2D eigenvalue weighted by atomic mass is 16.6. The average molecular weight is 239 g/mol. The van der Waals surface area contributed by atoms with Gasteiger partial charge in [0.2, 0.25) is 0 Å². The maximum absolute atomic E-state index is 11.4. The molecule has 1 heterocycles. The summed E-state index contributed by atoms with van der Waals surface area (Å²) in [4.78, 5) is 21.4. The van der Waals surface area contributed by atoms with E-state index >= 15 is 0 Å². The van der Waals surface area contributed by atoms with Crippen molar-refractivity contribution in [3.63, 3.8) is 0 Å². The molecule has 0 unspecified atom stereocenters. The monoisotopic (exact) mass is 239 g/mol. The fraction of sp³-hybridized carbons (Fsp3) is 0.600. The Labute approximate surface area is 97.2 Å². The number of hydrogen-bond donors (Lipinski definition) is 1. The Balaban J connectivity index is 2.38. The van der Waals surface area contributed by atoms with E-state index in [-0.39, 0.29) is 5.82 Å². The van der Waals surface area contributed by atoms with E-state index in [2.05, 4.69) is 5.10 Å². The van der Waals surface area contributed by atoms with Crippen molar-refractivity contribution in [3.05, 3.63) is 22.4 Å². The Kier molecular flexibility index (Phi) is 2.83. The predicted octanol–water partition coefficient (Wildman–Crippen LogP) is 1.54. The van der Waals surface area contributed by atoms with Crippen molar-refractivity contribution < 1.29 is 14.8 Å². The summed E-state index contributed by atoms with van der Waals surface area (Å²) >= 11 is 0. The molecule has 0 aromatic carbocycles. The third-order valence-corrected chi connectivity index (χ3v) is 3.28. The van der Waals surface area contributed by atoms with Gasteiger partial charge in [-0.2, -0.15) is 4.68 Å². The first-order valence-electron chi connectivity index (χ1n) is 5.50. The Morgan fingerprint density at radius 1 is 1.47 bits per heavy atom. The van der Waals surface area contributed by atoms with Crippen LogP contribution < -0.4 is 0 Å². The fourth-order valence-electron chi connectivity index (χ4n) is 2.33. The molecule has 7 heteroatoms. The van der Waals surface area contributed by atoms with Crippen molar-refractivity contribution in [2.24, 2.45) is 0 Å². The van der Waals surface area contributed by atoms with E-state index in [0.29, 0.717) is 12.8 Å². The summed E-state index contributed by atoms with van der Waals surface area (Å²) < 4.78 is 1.24. The summed E-state index contributed by atoms with van der Waals surface area (Å²) in [6.45, 7) is 0. The largest absolute Gasteiger partial charge is 0.479 e.